The maximum Gasteiger partial charge on any atom is 0.141 e. The van der Waals surface area contributed by atoms with Crippen LogP contribution in [0.1, 0.15) is 23.1 Å². The van der Waals surface area contributed by atoms with Gasteiger partial charge < -0.3 is 5.11 Å². The minimum absolute atomic E-state index is 0.657. The van der Waals surface area contributed by atoms with Crippen LogP contribution in [0.4, 0.5) is 0 Å². The number of terminal acetylenes is 1. The van der Waals surface area contributed by atoms with Crippen molar-refractivity contribution in [3.05, 3.63) is 23.0 Å². The number of aromatic nitrogens is 2. The summed E-state index contributed by atoms with van der Waals surface area (Å²) in [4.78, 5) is 0. The quantitative estimate of drug-likeness (QED) is 0.620. The fourth-order valence-electron chi connectivity index (χ4n) is 0.937. The zero-order valence-electron chi connectivity index (χ0n) is 7.07. The van der Waals surface area contributed by atoms with Crippen molar-refractivity contribution in [3.63, 3.8) is 0 Å². The zero-order valence-corrected chi connectivity index (χ0v) is 7.07. The molecule has 1 unspecified atom stereocenters. The number of nitrogens with zero attached hydrogens (tertiary/aromatic N) is 2. The van der Waals surface area contributed by atoms with E-state index >= 15 is 0 Å². The second-order valence-electron chi connectivity index (χ2n) is 2.60. The van der Waals surface area contributed by atoms with E-state index < -0.39 is 6.10 Å². The molecule has 1 aromatic rings. The Bertz CT molecular complexity index is 328. The van der Waals surface area contributed by atoms with Crippen molar-refractivity contribution in [2.24, 2.45) is 0 Å². The van der Waals surface area contributed by atoms with E-state index in [1.807, 2.05) is 0 Å². The molecular weight excluding hydrogens is 152 g/mol. The van der Waals surface area contributed by atoms with Gasteiger partial charge >= 0.3 is 0 Å². The average Bonchev–Trinajstić information content (AvgIpc) is 2.08. The lowest BCUT2D eigenvalue weighted by atomic mass is 10.1. The van der Waals surface area contributed by atoms with Crippen LogP contribution in [0.5, 0.6) is 0 Å². The summed E-state index contributed by atoms with van der Waals surface area (Å²) in [7, 11) is 0. The summed E-state index contributed by atoms with van der Waals surface area (Å²) in [5.41, 5.74) is 2.08. The molecule has 0 aliphatic carbocycles. The summed E-state index contributed by atoms with van der Waals surface area (Å²) in [5, 5.41) is 17.0. The van der Waals surface area contributed by atoms with Gasteiger partial charge in [-0.2, -0.15) is 10.2 Å². The molecule has 62 valence electrons. The number of hydrogen-bond donors (Lipinski definition) is 1. The Hall–Kier alpha value is -1.40. The highest BCUT2D eigenvalue weighted by Crippen LogP contribution is 2.14. The van der Waals surface area contributed by atoms with Crippen molar-refractivity contribution >= 4 is 0 Å². The lowest BCUT2D eigenvalue weighted by Crippen LogP contribution is -2.01. The molecule has 1 rings (SSSR count). The topological polar surface area (TPSA) is 46.0 Å². The highest BCUT2D eigenvalue weighted by Gasteiger charge is 2.08. The molecule has 0 amide bonds. The van der Waals surface area contributed by atoms with Gasteiger partial charge in [0, 0.05) is 5.56 Å². The van der Waals surface area contributed by atoms with Gasteiger partial charge in [0.2, 0.25) is 0 Å². The second-order valence-corrected chi connectivity index (χ2v) is 2.60. The first-order valence-corrected chi connectivity index (χ1v) is 3.60. The summed E-state index contributed by atoms with van der Waals surface area (Å²) in [5.74, 6) is 2.24. The Morgan fingerprint density at radius 1 is 1.50 bits per heavy atom. The number of rotatable bonds is 1. The van der Waals surface area contributed by atoms with Crippen LogP contribution >= 0.6 is 0 Å². The predicted octanol–water partition coefficient (Wildman–Crippen LogP) is 0.760. The van der Waals surface area contributed by atoms with E-state index in [4.69, 9.17) is 6.42 Å². The van der Waals surface area contributed by atoms with Crippen LogP contribution < -0.4 is 0 Å². The van der Waals surface area contributed by atoms with E-state index in [1.165, 1.54) is 0 Å². The number of aliphatic hydroxyl groups is 1. The summed E-state index contributed by atoms with van der Waals surface area (Å²) < 4.78 is 0. The first-order chi connectivity index (χ1) is 5.65. The number of hydrogen-bond acceptors (Lipinski definition) is 3. The van der Waals surface area contributed by atoms with Gasteiger partial charge in [0.15, 0.2) is 0 Å². The molecule has 1 atom stereocenters. The molecule has 0 spiro atoms. The Morgan fingerprint density at radius 2 is 2.17 bits per heavy atom. The largest absolute Gasteiger partial charge is 0.376 e. The SMILES string of the molecule is C#CC(O)c1cc(C)nnc1C. The first-order valence-electron chi connectivity index (χ1n) is 3.60. The molecule has 12 heavy (non-hydrogen) atoms. The minimum atomic E-state index is -0.876. The van der Waals surface area contributed by atoms with Gasteiger partial charge in [0.25, 0.3) is 0 Å². The summed E-state index contributed by atoms with van der Waals surface area (Å²) >= 11 is 0. The normalized spacial score (nSPS) is 12.2. The van der Waals surface area contributed by atoms with Gasteiger partial charge in [-0.1, -0.05) is 5.92 Å². The van der Waals surface area contributed by atoms with E-state index in [0.29, 0.717) is 11.3 Å². The molecule has 3 nitrogen and oxygen atoms in total. The third-order valence-electron chi connectivity index (χ3n) is 1.59. The molecule has 0 aliphatic rings. The van der Waals surface area contributed by atoms with Crippen molar-refractivity contribution in [1.82, 2.24) is 10.2 Å². The summed E-state index contributed by atoms with van der Waals surface area (Å²) in [6.45, 7) is 3.57. The van der Waals surface area contributed by atoms with Crippen LogP contribution in [0.15, 0.2) is 6.07 Å². The Kier molecular flexibility index (Phi) is 2.41. The van der Waals surface area contributed by atoms with Gasteiger partial charge in [0.05, 0.1) is 11.4 Å². The van der Waals surface area contributed by atoms with Crippen LogP contribution in [-0.2, 0) is 0 Å². The van der Waals surface area contributed by atoms with Crippen LogP contribution in [0, 0.1) is 26.2 Å². The Morgan fingerprint density at radius 3 is 2.75 bits per heavy atom. The van der Waals surface area contributed by atoms with Gasteiger partial charge in [-0.15, -0.1) is 6.42 Å². The Balaban J connectivity index is 3.15. The van der Waals surface area contributed by atoms with E-state index in [0.717, 1.165) is 5.69 Å². The molecular formula is C9H10N2O. The minimum Gasteiger partial charge on any atom is -0.376 e. The van der Waals surface area contributed by atoms with Crippen LogP contribution in [0.2, 0.25) is 0 Å². The van der Waals surface area contributed by atoms with Crippen molar-refractivity contribution in [3.8, 4) is 12.3 Å². The number of aliphatic hydroxyl groups excluding tert-OH is 1. The third-order valence-corrected chi connectivity index (χ3v) is 1.59. The number of aryl methyl sites for hydroxylation is 2. The van der Waals surface area contributed by atoms with Crippen molar-refractivity contribution in [2.45, 2.75) is 20.0 Å². The second kappa shape index (κ2) is 3.33. The lowest BCUT2D eigenvalue weighted by molar-refractivity contribution is 0.237. The van der Waals surface area contributed by atoms with Crippen molar-refractivity contribution < 1.29 is 5.11 Å². The lowest BCUT2D eigenvalue weighted by Gasteiger charge is -2.06. The van der Waals surface area contributed by atoms with Crippen molar-refractivity contribution in [1.29, 1.82) is 0 Å². The average molecular weight is 162 g/mol. The van der Waals surface area contributed by atoms with Crippen LogP contribution in [0.3, 0.4) is 0 Å². The van der Waals surface area contributed by atoms with Gasteiger partial charge in [-0.25, -0.2) is 0 Å². The molecule has 0 radical (unpaired) electrons. The smallest absolute Gasteiger partial charge is 0.141 e. The summed E-state index contributed by atoms with van der Waals surface area (Å²) in [6, 6.07) is 1.74. The first kappa shape index (κ1) is 8.69. The van der Waals surface area contributed by atoms with Crippen molar-refractivity contribution in [2.75, 3.05) is 0 Å². The molecule has 3 heteroatoms. The predicted molar refractivity (Wildman–Crippen MR) is 45.3 cm³/mol. The molecule has 0 saturated carbocycles. The third kappa shape index (κ3) is 1.60. The molecule has 1 heterocycles. The maximum absolute atomic E-state index is 9.33. The van der Waals surface area contributed by atoms with E-state index in [1.54, 1.807) is 19.9 Å². The highest BCUT2D eigenvalue weighted by molar-refractivity contribution is 5.27. The van der Waals surface area contributed by atoms with E-state index in [-0.39, 0.29) is 0 Å². The fraction of sp³-hybridized carbons (Fsp3) is 0.333. The van der Waals surface area contributed by atoms with E-state index in [2.05, 4.69) is 16.1 Å². The monoisotopic (exact) mass is 162 g/mol. The van der Waals surface area contributed by atoms with Crippen LogP contribution in [0.25, 0.3) is 0 Å². The molecule has 0 aliphatic heterocycles. The molecule has 0 fully saturated rings. The van der Waals surface area contributed by atoms with Crippen LogP contribution in [-0.4, -0.2) is 15.3 Å². The maximum atomic E-state index is 9.33. The van der Waals surface area contributed by atoms with Gasteiger partial charge in [-0.05, 0) is 19.9 Å². The molecule has 1 N–H and O–H groups in total. The fourth-order valence-corrected chi connectivity index (χ4v) is 0.937. The van der Waals surface area contributed by atoms with Gasteiger partial charge in [-0.3, -0.25) is 0 Å². The standard InChI is InChI=1S/C9H10N2O/c1-4-9(12)8-5-6(2)10-11-7(8)3/h1,5,9,12H,2-3H3. The van der Waals surface area contributed by atoms with E-state index in [9.17, 15) is 5.11 Å². The van der Waals surface area contributed by atoms with Gasteiger partial charge in [0.1, 0.15) is 6.10 Å². The molecule has 0 bridgehead atoms. The zero-order chi connectivity index (χ0) is 9.14. The molecule has 1 aromatic heterocycles. The molecule has 0 aromatic carbocycles. The summed E-state index contributed by atoms with van der Waals surface area (Å²) in [6.07, 6.45) is 4.20. The Labute approximate surface area is 71.5 Å². The molecule has 0 saturated heterocycles. The highest BCUT2D eigenvalue weighted by atomic mass is 16.3.